The van der Waals surface area contributed by atoms with E-state index in [9.17, 15) is 9.90 Å². The number of para-hydroxylation sites is 1. The van der Waals surface area contributed by atoms with Crippen LogP contribution in [-0.4, -0.2) is 31.0 Å². The van der Waals surface area contributed by atoms with E-state index < -0.39 is 12.6 Å². The lowest BCUT2D eigenvalue weighted by atomic mass is 10.2. The molecule has 0 aliphatic rings. The highest BCUT2D eigenvalue weighted by atomic mass is 32.1. The first-order valence-electron chi connectivity index (χ1n) is 5.12. The van der Waals surface area contributed by atoms with Gasteiger partial charge < -0.3 is 25.1 Å². The number of methoxy groups -OCH3 is 1. The van der Waals surface area contributed by atoms with Gasteiger partial charge >= 0.3 is 0 Å². The molecule has 3 N–H and O–H groups in total. The van der Waals surface area contributed by atoms with Gasteiger partial charge in [0.05, 0.1) is 19.3 Å². The van der Waals surface area contributed by atoms with Crippen molar-refractivity contribution in [1.29, 1.82) is 0 Å². The number of carbonyl (C=O) groups is 1. The topological polar surface area (TPSA) is 109 Å². The summed E-state index contributed by atoms with van der Waals surface area (Å²) < 4.78 is 10.2. The van der Waals surface area contributed by atoms with Crippen molar-refractivity contribution in [1.82, 2.24) is 5.43 Å². The molecular weight excluding hydrogens is 270 g/mol. The van der Waals surface area contributed by atoms with E-state index >= 15 is 0 Å². The molecule has 0 aromatic heterocycles. The first kappa shape index (κ1) is 14.7. The summed E-state index contributed by atoms with van der Waals surface area (Å²) in [5, 5.41) is 14.2. The summed E-state index contributed by atoms with van der Waals surface area (Å²) in [4.78, 5) is 10.4. The van der Waals surface area contributed by atoms with E-state index in [1.54, 1.807) is 18.2 Å². The molecular formula is C11H12N3O4S-. The van der Waals surface area contributed by atoms with Gasteiger partial charge in [-0.25, -0.2) is 0 Å². The zero-order valence-corrected chi connectivity index (χ0v) is 10.9. The Bertz CT molecular complexity index is 505. The normalized spacial score (nSPS) is 10.2. The molecule has 19 heavy (non-hydrogen) atoms. The van der Waals surface area contributed by atoms with Gasteiger partial charge in [0.15, 0.2) is 16.6 Å². The summed E-state index contributed by atoms with van der Waals surface area (Å²) in [5.41, 5.74) is 8.10. The van der Waals surface area contributed by atoms with Gasteiger partial charge in [0.25, 0.3) is 0 Å². The Hall–Kier alpha value is -2.35. The fraction of sp³-hybridized carbons (Fsp3) is 0.182. The van der Waals surface area contributed by atoms with Crippen molar-refractivity contribution in [3.63, 3.8) is 0 Å². The van der Waals surface area contributed by atoms with Crippen LogP contribution in [0.3, 0.4) is 0 Å². The maximum absolute atomic E-state index is 10.4. The molecule has 0 heterocycles. The van der Waals surface area contributed by atoms with E-state index in [-0.39, 0.29) is 10.9 Å². The summed E-state index contributed by atoms with van der Waals surface area (Å²) in [7, 11) is 1.44. The molecule has 0 radical (unpaired) electrons. The molecule has 102 valence electrons. The summed E-state index contributed by atoms with van der Waals surface area (Å²) in [6, 6.07) is 4.99. The quantitative estimate of drug-likeness (QED) is 0.391. The lowest BCUT2D eigenvalue weighted by Crippen LogP contribution is -2.29. The first-order valence-corrected chi connectivity index (χ1v) is 5.53. The van der Waals surface area contributed by atoms with Gasteiger partial charge in [-0.1, -0.05) is 6.07 Å². The van der Waals surface area contributed by atoms with Gasteiger partial charge in [-0.2, -0.15) is 5.10 Å². The highest BCUT2D eigenvalue weighted by molar-refractivity contribution is 7.80. The second-order valence-corrected chi connectivity index (χ2v) is 3.71. The second kappa shape index (κ2) is 7.17. The Balaban J connectivity index is 2.97. The minimum absolute atomic E-state index is 0.0105. The molecule has 1 rings (SSSR count). The van der Waals surface area contributed by atoms with Crippen molar-refractivity contribution in [3.8, 4) is 11.5 Å². The SMILES string of the molecule is COc1cccc(/C=N\NC(N)=S)c1OCC(=O)[O-]. The number of nitrogens with one attached hydrogen (secondary N) is 1. The van der Waals surface area contributed by atoms with Crippen LogP contribution in [0.15, 0.2) is 23.3 Å². The van der Waals surface area contributed by atoms with Crippen LogP contribution in [0.4, 0.5) is 0 Å². The molecule has 0 atom stereocenters. The number of carboxylic acid groups (broad SMARTS) is 1. The number of thiocarbonyl (C=S) groups is 1. The van der Waals surface area contributed by atoms with E-state index in [1.807, 2.05) is 0 Å². The molecule has 0 bridgehead atoms. The van der Waals surface area contributed by atoms with Crippen molar-refractivity contribution >= 4 is 29.5 Å². The number of benzene rings is 1. The van der Waals surface area contributed by atoms with Crippen LogP contribution < -0.4 is 25.7 Å². The number of rotatable bonds is 6. The number of carbonyl (C=O) groups excluding carboxylic acids is 1. The Morgan fingerprint density at radius 3 is 2.95 bits per heavy atom. The van der Waals surface area contributed by atoms with Gasteiger partial charge in [0.2, 0.25) is 0 Å². The molecule has 1 aromatic rings. The maximum Gasteiger partial charge on any atom is 0.184 e. The fourth-order valence-electron chi connectivity index (χ4n) is 1.25. The Morgan fingerprint density at radius 1 is 1.63 bits per heavy atom. The molecule has 1 aromatic carbocycles. The van der Waals surface area contributed by atoms with Crippen LogP contribution in [0.25, 0.3) is 0 Å². The molecule has 0 spiro atoms. The Morgan fingerprint density at radius 2 is 2.37 bits per heavy atom. The van der Waals surface area contributed by atoms with Crippen LogP contribution in [-0.2, 0) is 4.79 Å². The molecule has 0 aliphatic heterocycles. The molecule has 0 amide bonds. The number of nitrogens with two attached hydrogens (primary N) is 1. The Labute approximate surface area is 115 Å². The van der Waals surface area contributed by atoms with Crippen molar-refractivity contribution in [2.24, 2.45) is 10.8 Å². The molecule has 0 saturated carbocycles. The van der Waals surface area contributed by atoms with Gasteiger partial charge in [-0.05, 0) is 24.4 Å². The predicted molar refractivity (Wildman–Crippen MR) is 71.0 cm³/mol. The van der Waals surface area contributed by atoms with E-state index in [4.69, 9.17) is 15.2 Å². The zero-order valence-electron chi connectivity index (χ0n) is 10.1. The number of hydrazone groups is 1. The van der Waals surface area contributed by atoms with Crippen molar-refractivity contribution in [2.75, 3.05) is 13.7 Å². The number of hydrogen-bond donors (Lipinski definition) is 2. The third-order valence-corrected chi connectivity index (χ3v) is 2.03. The van der Waals surface area contributed by atoms with Gasteiger partial charge in [0.1, 0.15) is 6.61 Å². The van der Waals surface area contributed by atoms with Crippen LogP contribution in [0.2, 0.25) is 0 Å². The predicted octanol–water partition coefficient (Wildman–Crippen LogP) is -1.01. The summed E-state index contributed by atoms with van der Waals surface area (Å²) in [6.07, 6.45) is 1.38. The molecule has 0 unspecified atom stereocenters. The fourth-order valence-corrected chi connectivity index (χ4v) is 1.30. The van der Waals surface area contributed by atoms with Crippen molar-refractivity contribution < 1.29 is 19.4 Å². The number of nitrogens with zero attached hydrogens (tertiary/aromatic N) is 1. The summed E-state index contributed by atoms with van der Waals surface area (Å²) in [5.74, 6) is -0.724. The van der Waals surface area contributed by atoms with Crippen LogP contribution in [0, 0.1) is 0 Å². The number of carboxylic acids is 1. The van der Waals surface area contributed by atoms with E-state index in [1.165, 1.54) is 13.3 Å². The third-order valence-electron chi connectivity index (χ3n) is 1.94. The van der Waals surface area contributed by atoms with E-state index in [2.05, 4.69) is 22.7 Å². The molecule has 0 saturated heterocycles. The maximum atomic E-state index is 10.4. The largest absolute Gasteiger partial charge is 0.546 e. The molecule has 7 nitrogen and oxygen atoms in total. The zero-order chi connectivity index (χ0) is 14.3. The van der Waals surface area contributed by atoms with Gasteiger partial charge in [0, 0.05) is 5.56 Å². The lowest BCUT2D eigenvalue weighted by molar-refractivity contribution is -0.307. The summed E-state index contributed by atoms with van der Waals surface area (Å²) >= 11 is 4.59. The van der Waals surface area contributed by atoms with Crippen LogP contribution in [0.1, 0.15) is 5.56 Å². The molecule has 8 heteroatoms. The monoisotopic (exact) mass is 282 g/mol. The number of aliphatic carboxylic acids is 1. The van der Waals surface area contributed by atoms with Crippen molar-refractivity contribution in [2.45, 2.75) is 0 Å². The second-order valence-electron chi connectivity index (χ2n) is 3.27. The minimum Gasteiger partial charge on any atom is -0.546 e. The Kier molecular flexibility index (Phi) is 5.55. The third kappa shape index (κ3) is 4.80. The average Bonchev–Trinajstić information content (AvgIpc) is 2.36. The average molecular weight is 282 g/mol. The van der Waals surface area contributed by atoms with Crippen LogP contribution >= 0.6 is 12.2 Å². The van der Waals surface area contributed by atoms with Crippen LogP contribution in [0.5, 0.6) is 11.5 Å². The van der Waals surface area contributed by atoms with Gasteiger partial charge in [-0.3, -0.25) is 5.43 Å². The lowest BCUT2D eigenvalue weighted by Gasteiger charge is -2.13. The summed E-state index contributed by atoms with van der Waals surface area (Å²) in [6.45, 7) is -0.593. The highest BCUT2D eigenvalue weighted by Crippen LogP contribution is 2.29. The van der Waals surface area contributed by atoms with E-state index in [0.29, 0.717) is 11.3 Å². The first-order chi connectivity index (χ1) is 9.04. The molecule has 0 aliphatic carbocycles. The highest BCUT2D eigenvalue weighted by Gasteiger charge is 2.09. The number of ether oxygens (including phenoxy) is 2. The minimum atomic E-state index is -1.34. The smallest absolute Gasteiger partial charge is 0.184 e. The van der Waals surface area contributed by atoms with Gasteiger partial charge in [-0.15, -0.1) is 0 Å². The molecule has 0 fully saturated rings. The standard InChI is InChI=1S/C11H13N3O4S/c1-17-8-4-2-3-7(5-13-14-11(12)19)10(8)18-6-9(15)16/h2-5H,6H2,1H3,(H,15,16)(H3,12,14,19)/p-1/b13-5-. The number of hydrogen-bond acceptors (Lipinski definition) is 6. The van der Waals surface area contributed by atoms with Crippen molar-refractivity contribution in [3.05, 3.63) is 23.8 Å². The van der Waals surface area contributed by atoms with E-state index in [0.717, 1.165) is 0 Å².